The van der Waals surface area contributed by atoms with Gasteiger partial charge in [-0.1, -0.05) is 59.6 Å². The molecule has 73 heavy (non-hydrogen) atoms. The number of hydrogen-bond acceptors (Lipinski definition) is 19. The third kappa shape index (κ3) is 9.59. The first kappa shape index (κ1) is 56.9. The fourth-order valence-electron chi connectivity index (χ4n) is 15.7. The van der Waals surface area contributed by atoms with Crippen molar-refractivity contribution in [2.45, 2.75) is 230 Å². The number of carbonyl (C=O) groups excluding carboxylic acids is 3. The lowest BCUT2D eigenvalue weighted by molar-refractivity contribution is -0.370. The Kier molecular flexibility index (Phi) is 16.5. The molecule has 20 nitrogen and oxygen atoms in total. The van der Waals surface area contributed by atoms with E-state index in [0.717, 1.165) is 31.1 Å². The molecule has 0 radical (unpaired) electrons. The van der Waals surface area contributed by atoms with Crippen molar-refractivity contribution in [1.29, 1.82) is 0 Å². The number of ether oxygens (including phenoxy) is 6. The highest BCUT2D eigenvalue weighted by Crippen LogP contribution is 2.76. The molecule has 7 fully saturated rings. The molecule has 24 atom stereocenters. The number of carbonyl (C=O) groups is 3. The molecule has 13 unspecified atom stereocenters. The number of amides is 1. The molecule has 5 aliphatic carbocycles. The minimum Gasteiger partial charge on any atom is -0.432 e. The first-order valence-corrected chi connectivity index (χ1v) is 26.9. The van der Waals surface area contributed by atoms with Crippen LogP contribution in [0.2, 0.25) is 0 Å². The van der Waals surface area contributed by atoms with Gasteiger partial charge in [0.05, 0.1) is 43.0 Å². The maximum atomic E-state index is 15.6. The fraction of sp³-hybridized carbons (Fsp3) is 0.906. The number of nitrogens with two attached hydrogens (primary N) is 1. The van der Waals surface area contributed by atoms with Crippen LogP contribution in [0.4, 0.5) is 0 Å². The number of aldehydes is 1. The van der Waals surface area contributed by atoms with Gasteiger partial charge in [-0.3, -0.25) is 9.59 Å². The maximum Gasteiger partial charge on any atom is 0.317 e. The SMILES string of the molecule is CC1O[C@@H](OC2C(O)[C@@H](NC(=O)CCCCCN)C(CO)O[C@H]2OC(=O)[C@]23CCC(C)(C)CC2C2=CCC4C5(C)CC[C@H](O)C(C)(C=O)[C@@H]5CCC4(C)[C@]2(C)C[C@@H]3O)C(O)C(O)[C@H]1O[C@@H]1OC[C@@H](O)C(O)C1O. The predicted molar refractivity (Wildman–Crippen MR) is 258 cm³/mol. The van der Waals surface area contributed by atoms with Crippen LogP contribution < -0.4 is 11.1 Å². The standard InChI is InChI=1S/C53H86N2O18/c1-26-42(71-44-40(65)37(62)29(58)24-68-44)39(64)41(66)45(69-26)72-43-38(63)36(55-35(61)11-9-8-10-20-54)30(23-56)70-46(43)73-47(67)53-19-18-48(2,3)21-28(53)27-12-13-32-49(4)16-15-33(59)50(5,25-57)31(49)14-17-51(32,6)52(27,7)22-34(53)60/h12,25-26,28-34,36-46,56,58-60,62-66H,8-11,13-24,54H2,1-7H3,(H,55,61)/t26?,28?,29-,30?,31-,32?,33+,34+,36+,37?,38?,39?,40?,41?,42+,43?,44+,45+,46+,49?,50?,51?,52-,53-/m1/s1. The van der Waals surface area contributed by atoms with Crippen LogP contribution in [0.15, 0.2) is 11.6 Å². The quantitative estimate of drug-likeness (QED) is 0.0491. The lowest BCUT2D eigenvalue weighted by Crippen LogP contribution is -2.69. The van der Waals surface area contributed by atoms with Crippen molar-refractivity contribution in [1.82, 2.24) is 5.32 Å². The molecule has 0 spiro atoms. The van der Waals surface area contributed by atoms with Gasteiger partial charge in [-0.05, 0) is 124 Å². The van der Waals surface area contributed by atoms with Crippen LogP contribution in [-0.2, 0) is 42.8 Å². The molecule has 416 valence electrons. The highest BCUT2D eigenvalue weighted by atomic mass is 16.8. The average Bonchev–Trinajstić information content (AvgIpc) is 3.33. The lowest BCUT2D eigenvalue weighted by atomic mass is 9.33. The normalized spacial score (nSPS) is 50.5. The Morgan fingerprint density at radius 1 is 0.781 bits per heavy atom. The van der Waals surface area contributed by atoms with E-state index in [1.54, 1.807) is 0 Å². The third-order valence-corrected chi connectivity index (χ3v) is 20.3. The molecule has 8 rings (SSSR count). The van der Waals surface area contributed by atoms with Gasteiger partial charge in [-0.25, -0.2) is 0 Å². The Bertz CT molecular complexity index is 2030. The summed E-state index contributed by atoms with van der Waals surface area (Å²) < 4.78 is 36.2. The first-order chi connectivity index (χ1) is 34.3. The molecule has 4 saturated carbocycles. The molecular weight excluding hydrogens is 953 g/mol. The number of allylic oxidation sites excluding steroid dienone is 2. The van der Waals surface area contributed by atoms with E-state index in [2.05, 4.69) is 46.0 Å². The van der Waals surface area contributed by atoms with Crippen molar-refractivity contribution in [2.24, 2.45) is 56.0 Å². The van der Waals surface area contributed by atoms with Crippen LogP contribution in [0, 0.1) is 50.2 Å². The van der Waals surface area contributed by atoms with Gasteiger partial charge in [0.1, 0.15) is 60.5 Å². The fourth-order valence-corrected chi connectivity index (χ4v) is 15.7. The molecule has 3 aliphatic heterocycles. The van der Waals surface area contributed by atoms with Crippen LogP contribution >= 0.6 is 0 Å². The molecular formula is C53H86N2O18. The number of unbranched alkanes of at least 4 members (excludes halogenated alkanes) is 2. The van der Waals surface area contributed by atoms with E-state index in [1.165, 1.54) is 6.92 Å². The van der Waals surface area contributed by atoms with Crippen molar-refractivity contribution in [3.05, 3.63) is 11.6 Å². The largest absolute Gasteiger partial charge is 0.432 e. The molecule has 12 N–H and O–H groups in total. The van der Waals surface area contributed by atoms with E-state index in [0.29, 0.717) is 51.5 Å². The number of nitrogens with one attached hydrogen (secondary N) is 1. The van der Waals surface area contributed by atoms with Crippen LogP contribution in [0.5, 0.6) is 0 Å². The van der Waals surface area contributed by atoms with E-state index >= 15 is 4.79 Å². The van der Waals surface area contributed by atoms with Crippen LogP contribution in [0.25, 0.3) is 0 Å². The summed E-state index contributed by atoms with van der Waals surface area (Å²) in [6.45, 7) is 13.8. The van der Waals surface area contributed by atoms with Gasteiger partial charge in [-0.15, -0.1) is 0 Å². The molecule has 3 saturated heterocycles. The number of fused-ring (bicyclic) bond motifs is 7. The molecule has 1 amide bonds. The second-order valence-corrected chi connectivity index (χ2v) is 25.0. The summed E-state index contributed by atoms with van der Waals surface area (Å²) in [6, 6.07) is -1.34. The van der Waals surface area contributed by atoms with E-state index < -0.39 is 145 Å². The zero-order chi connectivity index (χ0) is 53.4. The summed E-state index contributed by atoms with van der Waals surface area (Å²) in [5.74, 6) is -1.72. The Balaban J connectivity index is 1.10. The van der Waals surface area contributed by atoms with Crippen molar-refractivity contribution in [3.63, 3.8) is 0 Å². The van der Waals surface area contributed by atoms with Crippen LogP contribution in [-0.4, -0.2) is 182 Å². The topological polar surface area (TPSA) is 327 Å². The Morgan fingerprint density at radius 3 is 2.16 bits per heavy atom. The Hall–Kier alpha value is -2.25. The van der Waals surface area contributed by atoms with Crippen molar-refractivity contribution in [3.8, 4) is 0 Å². The number of aliphatic hydroxyl groups excluding tert-OH is 9. The number of hydrogen-bond donors (Lipinski definition) is 11. The van der Waals surface area contributed by atoms with Gasteiger partial charge in [0.2, 0.25) is 12.2 Å². The van der Waals surface area contributed by atoms with E-state index in [-0.39, 0.29) is 47.3 Å². The predicted octanol–water partition coefficient (Wildman–Crippen LogP) is 0.600. The van der Waals surface area contributed by atoms with Gasteiger partial charge in [-0.2, -0.15) is 0 Å². The molecule has 0 aromatic carbocycles. The second kappa shape index (κ2) is 21.2. The summed E-state index contributed by atoms with van der Waals surface area (Å²) >= 11 is 0. The zero-order valence-corrected chi connectivity index (χ0v) is 43.7. The van der Waals surface area contributed by atoms with Crippen molar-refractivity contribution >= 4 is 18.2 Å². The minimum atomic E-state index is -1.93. The summed E-state index contributed by atoms with van der Waals surface area (Å²) in [7, 11) is 0. The van der Waals surface area contributed by atoms with Crippen LogP contribution in [0.1, 0.15) is 132 Å². The highest BCUT2D eigenvalue weighted by Gasteiger charge is 2.72. The smallest absolute Gasteiger partial charge is 0.317 e. The zero-order valence-electron chi connectivity index (χ0n) is 43.7. The van der Waals surface area contributed by atoms with Crippen molar-refractivity contribution < 1.29 is 88.8 Å². The first-order valence-electron chi connectivity index (χ1n) is 26.9. The van der Waals surface area contributed by atoms with Gasteiger partial charge in [0, 0.05) is 6.42 Å². The van der Waals surface area contributed by atoms with E-state index in [9.17, 15) is 55.5 Å². The Labute approximate surface area is 428 Å². The molecule has 0 bridgehead atoms. The van der Waals surface area contributed by atoms with Crippen molar-refractivity contribution in [2.75, 3.05) is 19.8 Å². The number of aliphatic hydroxyl groups is 9. The molecule has 0 aromatic heterocycles. The summed E-state index contributed by atoms with van der Waals surface area (Å²) in [5.41, 5.74) is 2.84. The van der Waals surface area contributed by atoms with E-state index in [4.69, 9.17) is 34.2 Å². The highest BCUT2D eigenvalue weighted by molar-refractivity contribution is 5.80. The lowest BCUT2D eigenvalue weighted by Gasteiger charge is -2.71. The number of rotatable bonds is 14. The summed E-state index contributed by atoms with van der Waals surface area (Å²) in [4.78, 5) is 41.7. The summed E-state index contributed by atoms with van der Waals surface area (Å²) in [5, 5.41) is 104. The second-order valence-electron chi connectivity index (χ2n) is 25.0. The van der Waals surface area contributed by atoms with Gasteiger partial charge >= 0.3 is 5.97 Å². The van der Waals surface area contributed by atoms with E-state index in [1.807, 2.05) is 6.92 Å². The number of esters is 1. The molecule has 8 aliphatic rings. The molecule has 0 aromatic rings. The van der Waals surface area contributed by atoms with Gasteiger partial charge < -0.3 is 90.2 Å². The van der Waals surface area contributed by atoms with Crippen LogP contribution in [0.3, 0.4) is 0 Å². The minimum absolute atomic E-state index is 0.0375. The monoisotopic (exact) mass is 1040 g/mol. The molecule has 3 heterocycles. The molecule has 20 heteroatoms. The van der Waals surface area contributed by atoms with Gasteiger partial charge in [0.25, 0.3) is 0 Å². The Morgan fingerprint density at radius 2 is 1.48 bits per heavy atom. The van der Waals surface area contributed by atoms with Gasteiger partial charge in [0.15, 0.2) is 18.7 Å². The summed E-state index contributed by atoms with van der Waals surface area (Å²) in [6.07, 6.45) is -12.8. The average molecular weight is 1040 g/mol. The maximum absolute atomic E-state index is 15.6. The third-order valence-electron chi connectivity index (χ3n) is 20.3.